The molecule has 1 heterocycles. The summed E-state index contributed by atoms with van der Waals surface area (Å²) in [6, 6.07) is 3.90. The largest absolute Gasteiger partial charge is 0.507 e. The van der Waals surface area contributed by atoms with Crippen LogP contribution < -0.4 is 5.73 Å². The molecule has 0 unspecified atom stereocenters. The highest BCUT2D eigenvalue weighted by Crippen LogP contribution is 2.25. The fraction of sp³-hybridized carbons (Fsp3) is 0.214. The van der Waals surface area contributed by atoms with Crippen molar-refractivity contribution in [3.63, 3.8) is 0 Å². The summed E-state index contributed by atoms with van der Waals surface area (Å²) in [7, 11) is 0. The number of cyclic esters (lactones) is 2. The van der Waals surface area contributed by atoms with Gasteiger partial charge in [-0.1, -0.05) is 6.07 Å². The Labute approximate surface area is 120 Å². The molecule has 1 fully saturated rings. The maximum Gasteiger partial charge on any atom is 0.348 e. The Bertz CT molecular complexity index is 652. The number of carbonyl (C=O) groups excluding carboxylic acids is 3. The molecule has 0 bridgehead atoms. The van der Waals surface area contributed by atoms with E-state index in [4.69, 9.17) is 15.2 Å². The maximum atomic E-state index is 11.8. The van der Waals surface area contributed by atoms with Crippen LogP contribution in [0.5, 0.6) is 5.75 Å². The van der Waals surface area contributed by atoms with Crippen molar-refractivity contribution in [3.8, 4) is 5.75 Å². The first-order valence-electron chi connectivity index (χ1n) is 6.01. The number of phenols is 1. The normalized spacial score (nSPS) is 17.0. The third-order valence-corrected chi connectivity index (χ3v) is 2.71. The fourth-order valence-corrected chi connectivity index (χ4v) is 1.79. The lowest BCUT2D eigenvalue weighted by atomic mass is 10.1. The number of carbonyl (C=O) groups is 3. The minimum atomic E-state index is -1.32. The van der Waals surface area contributed by atoms with Crippen molar-refractivity contribution in [1.82, 2.24) is 0 Å². The Hall–Kier alpha value is -2.83. The molecule has 3 N–H and O–H groups in total. The monoisotopic (exact) mass is 291 g/mol. The van der Waals surface area contributed by atoms with Gasteiger partial charge in [0.25, 0.3) is 11.7 Å². The topological polar surface area (TPSA) is 116 Å². The van der Waals surface area contributed by atoms with Crippen LogP contribution in [-0.2, 0) is 19.1 Å². The third kappa shape index (κ3) is 3.02. The van der Waals surface area contributed by atoms with Gasteiger partial charge in [-0.2, -0.15) is 0 Å². The number of nitrogens with two attached hydrogens (primary N) is 1. The second kappa shape index (κ2) is 4.93. The van der Waals surface area contributed by atoms with Gasteiger partial charge in [-0.3, -0.25) is 4.79 Å². The first-order chi connectivity index (χ1) is 9.69. The zero-order chi connectivity index (χ0) is 15.8. The summed E-state index contributed by atoms with van der Waals surface area (Å²) < 4.78 is 9.88. The maximum absolute atomic E-state index is 11.8. The van der Waals surface area contributed by atoms with Crippen LogP contribution in [0.4, 0.5) is 0 Å². The van der Waals surface area contributed by atoms with Crippen molar-refractivity contribution in [2.24, 2.45) is 5.73 Å². The molecule has 0 radical (unpaired) electrons. The molecule has 1 aromatic rings. The highest BCUT2D eigenvalue weighted by atomic mass is 16.7. The van der Waals surface area contributed by atoms with E-state index in [0.29, 0.717) is 5.56 Å². The molecule has 1 aromatic carbocycles. The summed E-state index contributed by atoms with van der Waals surface area (Å²) >= 11 is 0. The van der Waals surface area contributed by atoms with E-state index in [1.165, 1.54) is 38.1 Å². The van der Waals surface area contributed by atoms with Gasteiger partial charge < -0.3 is 20.3 Å². The van der Waals surface area contributed by atoms with Gasteiger partial charge in [0.1, 0.15) is 11.3 Å². The fourth-order valence-electron chi connectivity index (χ4n) is 1.79. The van der Waals surface area contributed by atoms with Gasteiger partial charge in [-0.25, -0.2) is 9.59 Å². The number of amides is 1. The predicted octanol–water partition coefficient (Wildman–Crippen LogP) is 0.711. The second-order valence-corrected chi connectivity index (χ2v) is 4.88. The lowest BCUT2D eigenvalue weighted by molar-refractivity contribution is -0.222. The summed E-state index contributed by atoms with van der Waals surface area (Å²) in [5.74, 6) is -4.10. The summed E-state index contributed by atoms with van der Waals surface area (Å²) in [4.78, 5) is 34.7. The van der Waals surface area contributed by atoms with Gasteiger partial charge in [0.2, 0.25) is 0 Å². The van der Waals surface area contributed by atoms with E-state index >= 15 is 0 Å². The van der Waals surface area contributed by atoms with Crippen LogP contribution in [-0.4, -0.2) is 28.7 Å². The van der Waals surface area contributed by atoms with Crippen molar-refractivity contribution >= 4 is 23.9 Å². The SMILES string of the molecule is CC1(C)OC(=O)C(=Cc2ccc(O)c(C(N)=O)c2)C(=O)O1. The van der Waals surface area contributed by atoms with Crippen molar-refractivity contribution in [2.75, 3.05) is 0 Å². The van der Waals surface area contributed by atoms with E-state index < -0.39 is 23.6 Å². The highest BCUT2D eigenvalue weighted by Gasteiger charge is 2.38. The van der Waals surface area contributed by atoms with Gasteiger partial charge in [-0.15, -0.1) is 0 Å². The summed E-state index contributed by atoms with van der Waals surface area (Å²) in [6.45, 7) is 2.87. The number of hydrogen-bond acceptors (Lipinski definition) is 6. The summed E-state index contributed by atoms with van der Waals surface area (Å²) in [6.07, 6.45) is 1.20. The quantitative estimate of drug-likeness (QED) is 0.471. The van der Waals surface area contributed by atoms with Crippen molar-refractivity contribution in [1.29, 1.82) is 0 Å². The molecular formula is C14H13NO6. The average Bonchev–Trinajstić information content (AvgIpc) is 2.34. The lowest BCUT2D eigenvalue weighted by Gasteiger charge is -2.29. The number of benzene rings is 1. The minimum Gasteiger partial charge on any atom is -0.507 e. The molecule has 1 aliphatic heterocycles. The molecule has 1 aliphatic rings. The van der Waals surface area contributed by atoms with E-state index in [9.17, 15) is 19.5 Å². The minimum absolute atomic E-state index is 0.123. The predicted molar refractivity (Wildman–Crippen MR) is 70.9 cm³/mol. The molecule has 1 saturated heterocycles. The van der Waals surface area contributed by atoms with Gasteiger partial charge in [0.15, 0.2) is 0 Å². The van der Waals surface area contributed by atoms with Crippen LogP contribution in [0.3, 0.4) is 0 Å². The van der Waals surface area contributed by atoms with Crippen molar-refractivity contribution < 1.29 is 29.0 Å². The number of aromatic hydroxyl groups is 1. The van der Waals surface area contributed by atoms with Gasteiger partial charge >= 0.3 is 11.9 Å². The van der Waals surface area contributed by atoms with Crippen LogP contribution >= 0.6 is 0 Å². The molecule has 0 spiro atoms. The number of primary amides is 1. The van der Waals surface area contributed by atoms with E-state index in [1.54, 1.807) is 0 Å². The molecule has 2 rings (SSSR count). The summed E-state index contributed by atoms with van der Waals surface area (Å²) in [5.41, 5.74) is 5.00. The number of ether oxygens (including phenoxy) is 2. The molecule has 21 heavy (non-hydrogen) atoms. The standard InChI is InChI=1S/C14H13NO6/c1-14(2)20-12(18)9(13(19)21-14)6-7-3-4-10(16)8(5-7)11(15)17/h3-6,16H,1-2H3,(H2,15,17). The van der Waals surface area contributed by atoms with E-state index in [-0.39, 0.29) is 16.9 Å². The van der Waals surface area contributed by atoms with Crippen molar-refractivity contribution in [2.45, 2.75) is 19.6 Å². The van der Waals surface area contributed by atoms with E-state index in [1.807, 2.05) is 0 Å². The van der Waals surface area contributed by atoms with Crippen LogP contribution in [0, 0.1) is 0 Å². The molecule has 0 aliphatic carbocycles. The first-order valence-corrected chi connectivity index (χ1v) is 6.01. The Morgan fingerprint density at radius 1 is 1.24 bits per heavy atom. The Kier molecular flexibility index (Phi) is 3.42. The number of rotatable bonds is 2. The van der Waals surface area contributed by atoms with Crippen LogP contribution in [0.1, 0.15) is 29.8 Å². The van der Waals surface area contributed by atoms with Crippen LogP contribution in [0.15, 0.2) is 23.8 Å². The zero-order valence-corrected chi connectivity index (χ0v) is 11.4. The Morgan fingerprint density at radius 3 is 2.33 bits per heavy atom. The van der Waals surface area contributed by atoms with Crippen LogP contribution in [0.25, 0.3) is 6.08 Å². The molecular weight excluding hydrogens is 278 g/mol. The Balaban J connectivity index is 2.40. The van der Waals surface area contributed by atoms with Gasteiger partial charge in [0, 0.05) is 13.8 Å². The zero-order valence-electron chi connectivity index (χ0n) is 11.4. The second-order valence-electron chi connectivity index (χ2n) is 4.88. The van der Waals surface area contributed by atoms with Crippen LogP contribution in [0.2, 0.25) is 0 Å². The molecule has 110 valence electrons. The molecule has 0 atom stereocenters. The van der Waals surface area contributed by atoms with Gasteiger partial charge in [0.05, 0.1) is 5.56 Å². The molecule has 1 amide bonds. The lowest BCUT2D eigenvalue weighted by Crippen LogP contribution is -2.41. The third-order valence-electron chi connectivity index (χ3n) is 2.71. The van der Waals surface area contributed by atoms with E-state index in [0.717, 1.165) is 0 Å². The smallest absolute Gasteiger partial charge is 0.348 e. The molecule has 0 aromatic heterocycles. The molecule has 7 nitrogen and oxygen atoms in total. The van der Waals surface area contributed by atoms with E-state index in [2.05, 4.69) is 0 Å². The summed E-state index contributed by atoms with van der Waals surface area (Å²) in [5, 5.41) is 9.48. The number of esters is 2. The molecule has 0 saturated carbocycles. The van der Waals surface area contributed by atoms with Gasteiger partial charge in [-0.05, 0) is 23.8 Å². The van der Waals surface area contributed by atoms with Crippen molar-refractivity contribution in [3.05, 3.63) is 34.9 Å². The number of hydrogen-bond donors (Lipinski definition) is 2. The Morgan fingerprint density at radius 2 is 1.81 bits per heavy atom. The first kappa shape index (κ1) is 14.6. The molecule has 7 heteroatoms. The average molecular weight is 291 g/mol. The highest BCUT2D eigenvalue weighted by molar-refractivity contribution is 6.19.